The van der Waals surface area contributed by atoms with E-state index >= 15 is 0 Å². The molecular weight excluding hydrogens is 208 g/mol. The van der Waals surface area contributed by atoms with E-state index in [-0.39, 0.29) is 26.1 Å². The van der Waals surface area contributed by atoms with Crippen LogP contribution in [0.5, 0.6) is 0 Å². The smallest absolute Gasteiger partial charge is 0.329 e. The van der Waals surface area contributed by atoms with Crippen molar-refractivity contribution in [1.82, 2.24) is 4.90 Å². The summed E-state index contributed by atoms with van der Waals surface area (Å²) < 4.78 is 30.3. The van der Waals surface area contributed by atoms with Crippen LogP contribution in [0.1, 0.15) is 12.8 Å². The van der Waals surface area contributed by atoms with Gasteiger partial charge in [0.25, 0.3) is 5.92 Å². The van der Waals surface area contributed by atoms with Crippen LogP contribution in [0, 0.1) is 0 Å². The molecular formula is C9H15F2NO3. The maximum Gasteiger partial charge on any atom is 0.329 e. The van der Waals surface area contributed by atoms with Crippen LogP contribution in [0.15, 0.2) is 0 Å². The number of nitrogens with zero attached hydrogens (tertiary/aromatic N) is 1. The zero-order chi connectivity index (χ0) is 11.3. The Balaban J connectivity index is 2.06. The van der Waals surface area contributed by atoms with Gasteiger partial charge in [0.15, 0.2) is 0 Å². The number of carboxylic acids is 1. The highest BCUT2D eigenvalue weighted by Crippen LogP contribution is 2.27. The first-order valence-electron chi connectivity index (χ1n) is 4.89. The van der Waals surface area contributed by atoms with Crippen molar-refractivity contribution >= 4 is 5.97 Å². The number of ether oxygens (including phenoxy) is 1. The standard InChI is InChI=1S/C9H15F2NO3/c10-9(11)1-3-12(4-2-9)5-6-15-7-8(13)14/h1-7H2,(H,13,14). The van der Waals surface area contributed by atoms with Crippen LogP contribution in [-0.2, 0) is 9.53 Å². The van der Waals surface area contributed by atoms with Crippen LogP contribution < -0.4 is 0 Å². The minimum absolute atomic E-state index is 0.119. The Bertz CT molecular complexity index is 213. The van der Waals surface area contributed by atoms with Crippen LogP contribution in [0.25, 0.3) is 0 Å². The molecule has 0 atom stereocenters. The highest BCUT2D eigenvalue weighted by atomic mass is 19.3. The number of hydrogen-bond acceptors (Lipinski definition) is 3. The summed E-state index contributed by atoms with van der Waals surface area (Å²) in [6, 6.07) is 0. The van der Waals surface area contributed by atoms with E-state index in [1.807, 2.05) is 4.90 Å². The van der Waals surface area contributed by atoms with Gasteiger partial charge in [0, 0.05) is 32.5 Å². The molecule has 0 unspecified atom stereocenters. The normalized spacial score (nSPS) is 21.5. The third-order valence-electron chi connectivity index (χ3n) is 2.36. The van der Waals surface area contributed by atoms with Gasteiger partial charge < -0.3 is 14.7 Å². The number of halogens is 2. The zero-order valence-electron chi connectivity index (χ0n) is 8.42. The summed E-state index contributed by atoms with van der Waals surface area (Å²) in [5.41, 5.74) is 0. The molecule has 88 valence electrons. The molecule has 4 nitrogen and oxygen atoms in total. The number of rotatable bonds is 5. The molecule has 0 saturated carbocycles. The average molecular weight is 223 g/mol. The van der Waals surface area contributed by atoms with E-state index in [1.165, 1.54) is 0 Å². The molecule has 1 N–H and O–H groups in total. The number of alkyl halides is 2. The second kappa shape index (κ2) is 5.37. The van der Waals surface area contributed by atoms with Gasteiger partial charge in [-0.3, -0.25) is 0 Å². The third-order valence-corrected chi connectivity index (χ3v) is 2.36. The maximum absolute atomic E-state index is 12.7. The first-order chi connectivity index (χ1) is 6.99. The number of piperidine rings is 1. The van der Waals surface area contributed by atoms with Crippen molar-refractivity contribution in [2.24, 2.45) is 0 Å². The molecule has 1 rings (SSSR count). The van der Waals surface area contributed by atoms with E-state index in [2.05, 4.69) is 0 Å². The highest BCUT2D eigenvalue weighted by molar-refractivity contribution is 5.67. The summed E-state index contributed by atoms with van der Waals surface area (Å²) in [5.74, 6) is -3.54. The lowest BCUT2D eigenvalue weighted by atomic mass is 10.1. The number of likely N-dealkylation sites (tertiary alicyclic amines) is 1. The number of aliphatic carboxylic acids is 1. The van der Waals surface area contributed by atoms with E-state index in [0.717, 1.165) is 0 Å². The third kappa shape index (κ3) is 5.03. The van der Waals surface area contributed by atoms with Crippen molar-refractivity contribution in [2.75, 3.05) is 32.8 Å². The molecule has 0 aromatic carbocycles. The highest BCUT2D eigenvalue weighted by Gasteiger charge is 2.33. The monoisotopic (exact) mass is 223 g/mol. The van der Waals surface area contributed by atoms with Gasteiger partial charge in [0.05, 0.1) is 6.61 Å². The van der Waals surface area contributed by atoms with Gasteiger partial charge >= 0.3 is 5.97 Å². The summed E-state index contributed by atoms with van der Waals surface area (Å²) in [4.78, 5) is 12.0. The van der Waals surface area contributed by atoms with Crippen LogP contribution in [0.4, 0.5) is 8.78 Å². The summed E-state index contributed by atoms with van der Waals surface area (Å²) in [5, 5.41) is 8.28. The molecule has 1 aliphatic rings. The molecule has 1 saturated heterocycles. The maximum atomic E-state index is 12.7. The minimum Gasteiger partial charge on any atom is -0.480 e. The van der Waals surface area contributed by atoms with E-state index < -0.39 is 11.9 Å². The molecule has 0 aliphatic carbocycles. The Hall–Kier alpha value is -0.750. The Morgan fingerprint density at radius 1 is 1.40 bits per heavy atom. The summed E-state index contributed by atoms with van der Waals surface area (Å²) in [6.45, 7) is 1.16. The van der Waals surface area contributed by atoms with E-state index in [4.69, 9.17) is 9.84 Å². The Kier molecular flexibility index (Phi) is 4.41. The van der Waals surface area contributed by atoms with Gasteiger partial charge in [0.1, 0.15) is 6.61 Å². The predicted molar refractivity (Wildman–Crippen MR) is 49.1 cm³/mol. The summed E-state index contributed by atoms with van der Waals surface area (Å²) in [6.07, 6.45) is -0.238. The number of carbonyl (C=O) groups is 1. The lowest BCUT2D eigenvalue weighted by Gasteiger charge is -2.31. The Morgan fingerprint density at radius 3 is 2.53 bits per heavy atom. The lowest BCUT2D eigenvalue weighted by Crippen LogP contribution is -2.40. The van der Waals surface area contributed by atoms with E-state index in [0.29, 0.717) is 19.6 Å². The van der Waals surface area contributed by atoms with Crippen molar-refractivity contribution in [3.05, 3.63) is 0 Å². The first-order valence-corrected chi connectivity index (χ1v) is 4.89. The van der Waals surface area contributed by atoms with Gasteiger partial charge in [-0.05, 0) is 0 Å². The molecule has 6 heteroatoms. The molecule has 0 radical (unpaired) electrons. The van der Waals surface area contributed by atoms with Crippen molar-refractivity contribution in [2.45, 2.75) is 18.8 Å². The van der Waals surface area contributed by atoms with Gasteiger partial charge in [-0.2, -0.15) is 0 Å². The SMILES string of the molecule is O=C(O)COCCN1CCC(F)(F)CC1. The van der Waals surface area contributed by atoms with Crippen molar-refractivity contribution in [1.29, 1.82) is 0 Å². The molecule has 1 aliphatic heterocycles. The fourth-order valence-corrected chi connectivity index (χ4v) is 1.46. The quantitative estimate of drug-likeness (QED) is 0.701. The van der Waals surface area contributed by atoms with Crippen LogP contribution in [-0.4, -0.2) is 54.7 Å². The van der Waals surface area contributed by atoms with Crippen molar-refractivity contribution in [3.63, 3.8) is 0 Å². The Labute approximate surface area is 86.8 Å². The molecule has 0 spiro atoms. The van der Waals surface area contributed by atoms with Gasteiger partial charge in [-0.1, -0.05) is 0 Å². The van der Waals surface area contributed by atoms with Crippen LogP contribution in [0.2, 0.25) is 0 Å². The van der Waals surface area contributed by atoms with Gasteiger partial charge in [-0.25, -0.2) is 13.6 Å². The largest absolute Gasteiger partial charge is 0.480 e. The van der Waals surface area contributed by atoms with Crippen LogP contribution in [0.3, 0.4) is 0 Å². The topological polar surface area (TPSA) is 49.8 Å². The predicted octanol–water partition coefficient (Wildman–Crippen LogP) is 0.819. The van der Waals surface area contributed by atoms with Crippen molar-refractivity contribution in [3.8, 4) is 0 Å². The Morgan fingerprint density at radius 2 is 2.00 bits per heavy atom. The fourth-order valence-electron chi connectivity index (χ4n) is 1.46. The summed E-state index contributed by atoms with van der Waals surface area (Å²) >= 11 is 0. The molecule has 0 aromatic heterocycles. The number of hydrogen-bond donors (Lipinski definition) is 1. The summed E-state index contributed by atoms with van der Waals surface area (Å²) in [7, 11) is 0. The molecule has 0 bridgehead atoms. The van der Waals surface area contributed by atoms with E-state index in [9.17, 15) is 13.6 Å². The second-order valence-electron chi connectivity index (χ2n) is 3.64. The molecule has 0 aromatic rings. The van der Waals surface area contributed by atoms with Crippen molar-refractivity contribution < 1.29 is 23.4 Å². The molecule has 0 amide bonds. The minimum atomic E-state index is -2.53. The van der Waals surface area contributed by atoms with Gasteiger partial charge in [0.2, 0.25) is 0 Å². The average Bonchev–Trinajstić information content (AvgIpc) is 2.14. The molecule has 15 heavy (non-hydrogen) atoms. The number of carboxylic acid groups (broad SMARTS) is 1. The first kappa shape index (κ1) is 12.3. The van der Waals surface area contributed by atoms with Crippen LogP contribution >= 0.6 is 0 Å². The zero-order valence-corrected chi connectivity index (χ0v) is 8.42. The van der Waals surface area contributed by atoms with E-state index in [1.54, 1.807) is 0 Å². The fraction of sp³-hybridized carbons (Fsp3) is 0.889. The molecule has 1 fully saturated rings. The molecule has 1 heterocycles. The second-order valence-corrected chi connectivity index (χ2v) is 3.64. The van der Waals surface area contributed by atoms with Gasteiger partial charge in [-0.15, -0.1) is 0 Å². The lowest BCUT2D eigenvalue weighted by molar-refractivity contribution is -0.142.